The second kappa shape index (κ2) is 7.77. The van der Waals surface area contributed by atoms with Gasteiger partial charge in [0.15, 0.2) is 11.5 Å². The van der Waals surface area contributed by atoms with Gasteiger partial charge in [0, 0.05) is 17.8 Å². The number of likely N-dealkylation sites (tertiary alicyclic amines) is 1. The highest BCUT2D eigenvalue weighted by molar-refractivity contribution is 6.35. The molecule has 3 aromatic rings. The molecule has 4 rings (SSSR count). The lowest BCUT2D eigenvalue weighted by Crippen LogP contribution is -2.46. The first-order valence-corrected chi connectivity index (χ1v) is 9.62. The van der Waals surface area contributed by atoms with Crippen molar-refractivity contribution in [3.8, 4) is 0 Å². The zero-order valence-electron chi connectivity index (χ0n) is 14.8. The molecule has 1 fully saturated rings. The molecule has 0 saturated carbocycles. The molecule has 0 spiro atoms. The van der Waals surface area contributed by atoms with E-state index in [1.807, 2.05) is 28.8 Å². The highest BCUT2D eigenvalue weighted by Crippen LogP contribution is 2.26. The van der Waals surface area contributed by atoms with Gasteiger partial charge in [-0.15, -0.1) is 10.2 Å². The van der Waals surface area contributed by atoms with Gasteiger partial charge in [-0.2, -0.15) is 0 Å². The Hall–Kier alpha value is -2.64. The Kier molecular flexibility index (Phi) is 5.19. The Morgan fingerprint density at radius 1 is 1.18 bits per heavy atom. The van der Waals surface area contributed by atoms with Crippen LogP contribution < -0.4 is 5.32 Å². The van der Waals surface area contributed by atoms with E-state index in [0.717, 1.165) is 6.42 Å². The molecule has 1 aromatic carbocycles. The summed E-state index contributed by atoms with van der Waals surface area (Å²) in [6, 6.07) is 9.76. The maximum absolute atomic E-state index is 12.9. The number of hydrogen-bond donors (Lipinski definition) is 1. The van der Waals surface area contributed by atoms with E-state index in [2.05, 4.69) is 15.5 Å². The van der Waals surface area contributed by atoms with Crippen molar-refractivity contribution < 1.29 is 9.59 Å². The predicted octanol–water partition coefficient (Wildman–Crippen LogP) is 2.96. The fourth-order valence-corrected chi connectivity index (χ4v) is 3.76. The van der Waals surface area contributed by atoms with Crippen molar-refractivity contribution in [2.45, 2.75) is 25.4 Å². The van der Waals surface area contributed by atoms with Crippen LogP contribution in [0.2, 0.25) is 10.0 Å². The van der Waals surface area contributed by atoms with Gasteiger partial charge < -0.3 is 10.2 Å². The Labute approximate surface area is 171 Å². The van der Waals surface area contributed by atoms with Crippen LogP contribution in [0.3, 0.4) is 0 Å². The van der Waals surface area contributed by atoms with E-state index in [9.17, 15) is 9.59 Å². The molecule has 3 heterocycles. The van der Waals surface area contributed by atoms with Crippen LogP contribution in [-0.2, 0) is 11.3 Å². The van der Waals surface area contributed by atoms with Crippen LogP contribution in [0.1, 0.15) is 29.0 Å². The van der Waals surface area contributed by atoms with Crippen LogP contribution in [0.15, 0.2) is 42.6 Å². The van der Waals surface area contributed by atoms with Gasteiger partial charge in [-0.25, -0.2) is 0 Å². The zero-order valence-corrected chi connectivity index (χ0v) is 16.3. The van der Waals surface area contributed by atoms with Crippen LogP contribution in [0.5, 0.6) is 0 Å². The first kappa shape index (κ1) is 18.7. The van der Waals surface area contributed by atoms with E-state index in [-0.39, 0.29) is 18.4 Å². The number of benzene rings is 1. The molecule has 1 unspecified atom stereocenters. The molecule has 144 valence electrons. The number of hydrogen-bond acceptors (Lipinski definition) is 4. The lowest BCUT2D eigenvalue weighted by atomic mass is 10.1. The minimum absolute atomic E-state index is 0.223. The topological polar surface area (TPSA) is 79.6 Å². The average molecular weight is 418 g/mol. The summed E-state index contributed by atoms with van der Waals surface area (Å²) in [7, 11) is 0. The smallest absolute Gasteiger partial charge is 0.256 e. The maximum atomic E-state index is 12.9. The third-order valence-corrected chi connectivity index (χ3v) is 5.34. The van der Waals surface area contributed by atoms with Gasteiger partial charge in [-0.05, 0) is 43.2 Å². The van der Waals surface area contributed by atoms with Crippen LogP contribution in [0, 0.1) is 0 Å². The largest absolute Gasteiger partial charge is 0.347 e. The van der Waals surface area contributed by atoms with Crippen molar-refractivity contribution in [2.24, 2.45) is 0 Å². The minimum atomic E-state index is -0.554. The molecular weight excluding hydrogens is 401 g/mol. The number of carbonyl (C=O) groups is 2. The summed E-state index contributed by atoms with van der Waals surface area (Å²) in [4.78, 5) is 27.2. The van der Waals surface area contributed by atoms with E-state index in [4.69, 9.17) is 23.2 Å². The fraction of sp³-hybridized carbons (Fsp3) is 0.263. The van der Waals surface area contributed by atoms with Gasteiger partial charge in [0.2, 0.25) is 5.91 Å². The van der Waals surface area contributed by atoms with Gasteiger partial charge in [0.05, 0.1) is 17.1 Å². The summed E-state index contributed by atoms with van der Waals surface area (Å²) in [5.41, 5.74) is 1.01. The van der Waals surface area contributed by atoms with E-state index in [0.29, 0.717) is 40.0 Å². The Balaban J connectivity index is 1.47. The van der Waals surface area contributed by atoms with Crippen LogP contribution in [-0.4, -0.2) is 43.9 Å². The quantitative estimate of drug-likeness (QED) is 0.707. The molecule has 1 aliphatic heterocycles. The predicted molar refractivity (Wildman–Crippen MR) is 105 cm³/mol. The number of halogens is 2. The van der Waals surface area contributed by atoms with Crippen LogP contribution in [0.25, 0.3) is 5.65 Å². The third-order valence-electron chi connectivity index (χ3n) is 4.78. The summed E-state index contributed by atoms with van der Waals surface area (Å²) in [5, 5.41) is 11.8. The molecule has 2 aromatic heterocycles. The summed E-state index contributed by atoms with van der Waals surface area (Å²) in [5.74, 6) is 0.104. The van der Waals surface area contributed by atoms with Gasteiger partial charge in [-0.3, -0.25) is 14.0 Å². The fourth-order valence-electron chi connectivity index (χ4n) is 3.39. The average Bonchev–Trinajstić information content (AvgIpc) is 3.34. The maximum Gasteiger partial charge on any atom is 0.256 e. The summed E-state index contributed by atoms with van der Waals surface area (Å²) in [6.07, 6.45) is 3.18. The van der Waals surface area contributed by atoms with E-state index < -0.39 is 6.04 Å². The van der Waals surface area contributed by atoms with Crippen LogP contribution in [0.4, 0.5) is 0 Å². The Bertz CT molecular complexity index is 1050. The standard InChI is InChI=1S/C19H17Cl2N5O2/c20-12-6-7-14(21)13(10-12)19(28)25-9-3-4-15(25)18(27)22-11-17-24-23-16-5-1-2-8-26(16)17/h1-2,5-8,10,15H,3-4,9,11H2,(H,22,27). The SMILES string of the molecule is O=C(NCc1nnc2ccccn12)C1CCCN1C(=O)c1cc(Cl)ccc1Cl. The molecule has 1 atom stereocenters. The van der Waals surface area contributed by atoms with Crippen molar-refractivity contribution in [1.29, 1.82) is 0 Å². The van der Waals surface area contributed by atoms with Gasteiger partial charge >= 0.3 is 0 Å². The van der Waals surface area contributed by atoms with Gasteiger partial charge in [-0.1, -0.05) is 29.3 Å². The molecule has 28 heavy (non-hydrogen) atoms. The molecule has 0 bridgehead atoms. The van der Waals surface area contributed by atoms with Crippen molar-refractivity contribution in [3.63, 3.8) is 0 Å². The first-order chi connectivity index (χ1) is 13.5. The second-order valence-electron chi connectivity index (χ2n) is 6.54. The number of rotatable bonds is 4. The summed E-state index contributed by atoms with van der Waals surface area (Å²) in [6.45, 7) is 0.716. The lowest BCUT2D eigenvalue weighted by Gasteiger charge is -2.24. The normalized spacial score (nSPS) is 16.5. The van der Waals surface area contributed by atoms with Gasteiger partial charge in [0.25, 0.3) is 5.91 Å². The molecule has 2 amide bonds. The highest BCUT2D eigenvalue weighted by atomic mass is 35.5. The molecule has 9 heteroatoms. The second-order valence-corrected chi connectivity index (χ2v) is 7.39. The minimum Gasteiger partial charge on any atom is -0.347 e. The lowest BCUT2D eigenvalue weighted by molar-refractivity contribution is -0.125. The number of nitrogens with zero attached hydrogens (tertiary/aromatic N) is 4. The molecule has 0 radical (unpaired) electrons. The number of fused-ring (bicyclic) bond motifs is 1. The number of pyridine rings is 1. The van der Waals surface area contributed by atoms with Crippen molar-refractivity contribution in [3.05, 3.63) is 64.0 Å². The zero-order chi connectivity index (χ0) is 19.7. The Morgan fingerprint density at radius 3 is 2.89 bits per heavy atom. The first-order valence-electron chi connectivity index (χ1n) is 8.87. The van der Waals surface area contributed by atoms with Crippen molar-refractivity contribution in [2.75, 3.05) is 6.54 Å². The van der Waals surface area contributed by atoms with Crippen molar-refractivity contribution >= 4 is 40.7 Å². The molecule has 7 nitrogen and oxygen atoms in total. The Morgan fingerprint density at radius 2 is 2.04 bits per heavy atom. The van der Waals surface area contributed by atoms with E-state index >= 15 is 0 Å². The number of amides is 2. The third kappa shape index (κ3) is 3.55. The molecule has 1 aliphatic rings. The van der Waals surface area contributed by atoms with Crippen molar-refractivity contribution in [1.82, 2.24) is 24.8 Å². The van der Waals surface area contributed by atoms with E-state index in [1.165, 1.54) is 6.07 Å². The molecular formula is C19H17Cl2N5O2. The van der Waals surface area contributed by atoms with Crippen LogP contribution >= 0.6 is 23.2 Å². The summed E-state index contributed by atoms with van der Waals surface area (Å²) < 4.78 is 1.81. The number of carbonyl (C=O) groups excluding carboxylic acids is 2. The van der Waals surface area contributed by atoms with E-state index in [1.54, 1.807) is 17.0 Å². The monoisotopic (exact) mass is 417 g/mol. The summed E-state index contributed by atoms with van der Waals surface area (Å²) >= 11 is 12.2. The molecule has 0 aliphatic carbocycles. The number of aromatic nitrogens is 3. The highest BCUT2D eigenvalue weighted by Gasteiger charge is 2.35. The van der Waals surface area contributed by atoms with Gasteiger partial charge in [0.1, 0.15) is 6.04 Å². The number of nitrogens with one attached hydrogen (secondary N) is 1. The molecule has 1 saturated heterocycles. The molecule has 1 N–H and O–H groups in total.